The summed E-state index contributed by atoms with van der Waals surface area (Å²) in [5.74, 6) is 1.45. The quantitative estimate of drug-likeness (QED) is 0.725. The fourth-order valence-corrected chi connectivity index (χ4v) is 2.35. The summed E-state index contributed by atoms with van der Waals surface area (Å²) in [4.78, 5) is 0. The zero-order valence-corrected chi connectivity index (χ0v) is 8.96. The van der Waals surface area contributed by atoms with Gasteiger partial charge in [0.05, 0.1) is 6.61 Å². The van der Waals surface area contributed by atoms with Crippen LogP contribution in [0.25, 0.3) is 0 Å². The summed E-state index contributed by atoms with van der Waals surface area (Å²) >= 11 is 0. The molecule has 14 heavy (non-hydrogen) atoms. The topological polar surface area (TPSA) is 20.2 Å². The van der Waals surface area contributed by atoms with Gasteiger partial charge in [-0.25, -0.2) is 0 Å². The van der Waals surface area contributed by atoms with Crippen molar-refractivity contribution in [1.29, 1.82) is 0 Å². The van der Waals surface area contributed by atoms with Gasteiger partial charge in [0, 0.05) is 5.92 Å². The Bertz CT molecular complexity index is 320. The molecule has 2 rings (SSSR count). The number of rotatable bonds is 3. The molecule has 76 valence electrons. The minimum atomic E-state index is 0.156. The van der Waals surface area contributed by atoms with Crippen molar-refractivity contribution in [2.75, 3.05) is 6.61 Å². The van der Waals surface area contributed by atoms with Crippen LogP contribution in [0, 0.1) is 11.8 Å². The van der Waals surface area contributed by atoms with Gasteiger partial charge in [-0.1, -0.05) is 44.1 Å². The van der Waals surface area contributed by atoms with Gasteiger partial charge in [-0.2, -0.15) is 0 Å². The highest BCUT2D eigenvalue weighted by molar-refractivity contribution is 5.61. The predicted octanol–water partition coefficient (Wildman–Crippen LogP) is 2.84. The summed E-state index contributed by atoms with van der Waals surface area (Å²) in [6.45, 7) is 4.64. The van der Waals surface area contributed by atoms with E-state index >= 15 is 0 Å². The molecule has 2 atom stereocenters. The van der Waals surface area contributed by atoms with Crippen LogP contribution in [0.4, 0.5) is 0 Å². The minimum absolute atomic E-state index is 0.156. The number of unbranched alkanes of at least 4 members (excludes halogenated alkanes) is 1. The normalized spacial score (nSPS) is 34.9. The lowest BCUT2D eigenvalue weighted by Gasteiger charge is -2.04. The molecule has 0 spiro atoms. The number of allylic oxidation sites excluding steroid dienone is 5. The maximum Gasteiger partial charge on any atom is 0.0621 e. The maximum absolute atomic E-state index is 8.90. The molecular formula is C13H18O. The molecule has 2 aliphatic rings. The van der Waals surface area contributed by atoms with Crippen LogP contribution in [0.3, 0.4) is 0 Å². The highest BCUT2D eigenvalue weighted by Crippen LogP contribution is 2.57. The van der Waals surface area contributed by atoms with Crippen LogP contribution in [0.15, 0.2) is 34.9 Å². The molecule has 0 aromatic carbocycles. The largest absolute Gasteiger partial charge is 0.392 e. The standard InChI is InChI=1S/C13H18O/c1-3-4-5-11-10(6-7-14)8-12-9(2)13(11)12/h5-6,8-9,13-14H,3-4,7H2,1-2H3. The van der Waals surface area contributed by atoms with E-state index in [9.17, 15) is 0 Å². The Morgan fingerprint density at radius 2 is 2.21 bits per heavy atom. The molecule has 0 heterocycles. The third-order valence-corrected chi connectivity index (χ3v) is 3.23. The van der Waals surface area contributed by atoms with Crippen LogP contribution in [0.5, 0.6) is 0 Å². The van der Waals surface area contributed by atoms with Crippen molar-refractivity contribution < 1.29 is 5.11 Å². The molecule has 0 aromatic heterocycles. The summed E-state index contributed by atoms with van der Waals surface area (Å²) < 4.78 is 0. The molecule has 0 aromatic rings. The second-order valence-electron chi connectivity index (χ2n) is 4.20. The van der Waals surface area contributed by atoms with E-state index in [1.54, 1.807) is 5.57 Å². The van der Waals surface area contributed by atoms with Gasteiger partial charge in [-0.05, 0) is 23.5 Å². The van der Waals surface area contributed by atoms with E-state index in [1.165, 1.54) is 17.6 Å². The van der Waals surface area contributed by atoms with Gasteiger partial charge in [0.25, 0.3) is 0 Å². The van der Waals surface area contributed by atoms with Crippen molar-refractivity contribution >= 4 is 0 Å². The van der Waals surface area contributed by atoms with Gasteiger partial charge >= 0.3 is 0 Å². The van der Waals surface area contributed by atoms with Crippen molar-refractivity contribution in [2.24, 2.45) is 11.8 Å². The Morgan fingerprint density at radius 3 is 2.86 bits per heavy atom. The van der Waals surface area contributed by atoms with Gasteiger partial charge < -0.3 is 5.11 Å². The molecule has 2 unspecified atom stereocenters. The third kappa shape index (κ3) is 1.46. The molecule has 0 saturated heterocycles. The van der Waals surface area contributed by atoms with Crippen molar-refractivity contribution in [1.82, 2.24) is 0 Å². The lowest BCUT2D eigenvalue weighted by molar-refractivity contribution is 0.342. The van der Waals surface area contributed by atoms with Crippen LogP contribution in [0.1, 0.15) is 26.7 Å². The summed E-state index contributed by atoms with van der Waals surface area (Å²) in [5.41, 5.74) is 4.29. The van der Waals surface area contributed by atoms with E-state index in [-0.39, 0.29) is 6.61 Å². The van der Waals surface area contributed by atoms with Gasteiger partial charge in [0.2, 0.25) is 0 Å². The minimum Gasteiger partial charge on any atom is -0.392 e. The molecule has 0 aliphatic heterocycles. The SMILES string of the molecule is CCCC=C1C(=CCO)C=C2C(C)C12. The first-order valence-electron chi connectivity index (χ1n) is 5.52. The van der Waals surface area contributed by atoms with E-state index in [1.807, 2.05) is 6.08 Å². The average Bonchev–Trinajstić information content (AvgIpc) is 2.66. The molecular weight excluding hydrogens is 172 g/mol. The zero-order chi connectivity index (χ0) is 10.1. The van der Waals surface area contributed by atoms with E-state index in [4.69, 9.17) is 5.11 Å². The summed E-state index contributed by atoms with van der Waals surface area (Å²) in [6, 6.07) is 0. The van der Waals surface area contributed by atoms with Crippen molar-refractivity contribution in [3.05, 3.63) is 34.9 Å². The first-order chi connectivity index (χ1) is 6.79. The van der Waals surface area contributed by atoms with E-state index in [2.05, 4.69) is 26.0 Å². The lowest BCUT2D eigenvalue weighted by Crippen LogP contribution is -1.91. The highest BCUT2D eigenvalue weighted by Gasteiger charge is 2.47. The summed E-state index contributed by atoms with van der Waals surface area (Å²) in [5, 5.41) is 8.90. The molecule has 1 saturated carbocycles. The van der Waals surface area contributed by atoms with Crippen LogP contribution in [0.2, 0.25) is 0 Å². The number of aliphatic hydroxyl groups is 1. The summed E-state index contributed by atoms with van der Waals surface area (Å²) in [6.07, 6.45) is 8.88. The third-order valence-electron chi connectivity index (χ3n) is 3.23. The Hall–Kier alpha value is -0.820. The summed E-state index contributed by atoms with van der Waals surface area (Å²) in [7, 11) is 0. The fraction of sp³-hybridized carbons (Fsp3) is 0.538. The maximum atomic E-state index is 8.90. The highest BCUT2D eigenvalue weighted by atomic mass is 16.2. The average molecular weight is 190 g/mol. The Morgan fingerprint density at radius 1 is 1.43 bits per heavy atom. The Kier molecular flexibility index (Phi) is 2.60. The molecule has 1 N–H and O–H groups in total. The molecule has 0 bridgehead atoms. The number of hydrogen-bond acceptors (Lipinski definition) is 1. The van der Waals surface area contributed by atoms with E-state index in [0.29, 0.717) is 5.92 Å². The van der Waals surface area contributed by atoms with Gasteiger partial charge in [-0.15, -0.1) is 0 Å². The molecule has 1 heteroatoms. The first kappa shape index (κ1) is 9.72. The number of fused-ring (bicyclic) bond motifs is 1. The monoisotopic (exact) mass is 190 g/mol. The molecule has 0 amide bonds. The zero-order valence-electron chi connectivity index (χ0n) is 8.96. The van der Waals surface area contributed by atoms with E-state index < -0.39 is 0 Å². The van der Waals surface area contributed by atoms with Gasteiger partial charge in [0.1, 0.15) is 0 Å². The van der Waals surface area contributed by atoms with Crippen LogP contribution < -0.4 is 0 Å². The second-order valence-corrected chi connectivity index (χ2v) is 4.20. The fourth-order valence-electron chi connectivity index (χ4n) is 2.35. The number of aliphatic hydroxyl groups excluding tert-OH is 1. The molecule has 0 radical (unpaired) electrons. The van der Waals surface area contributed by atoms with Crippen LogP contribution in [-0.2, 0) is 0 Å². The number of hydrogen-bond donors (Lipinski definition) is 1. The van der Waals surface area contributed by atoms with Crippen molar-refractivity contribution in [3.8, 4) is 0 Å². The van der Waals surface area contributed by atoms with E-state index in [0.717, 1.165) is 12.3 Å². The van der Waals surface area contributed by atoms with Crippen LogP contribution >= 0.6 is 0 Å². The van der Waals surface area contributed by atoms with Crippen molar-refractivity contribution in [2.45, 2.75) is 26.7 Å². The Balaban J connectivity index is 2.19. The Labute approximate surface area is 85.8 Å². The first-order valence-corrected chi connectivity index (χ1v) is 5.52. The van der Waals surface area contributed by atoms with Gasteiger partial charge in [0.15, 0.2) is 0 Å². The van der Waals surface area contributed by atoms with Crippen molar-refractivity contribution in [3.63, 3.8) is 0 Å². The smallest absolute Gasteiger partial charge is 0.0621 e. The molecule has 1 nitrogen and oxygen atoms in total. The van der Waals surface area contributed by atoms with Crippen LogP contribution in [-0.4, -0.2) is 11.7 Å². The predicted molar refractivity (Wildman–Crippen MR) is 58.9 cm³/mol. The molecule has 1 fully saturated rings. The second kappa shape index (κ2) is 3.74. The lowest BCUT2D eigenvalue weighted by atomic mass is 10.0. The molecule has 2 aliphatic carbocycles. The van der Waals surface area contributed by atoms with Gasteiger partial charge in [-0.3, -0.25) is 0 Å².